The van der Waals surface area contributed by atoms with Crippen LogP contribution in [-0.2, 0) is 10.2 Å². The third-order valence-corrected chi connectivity index (χ3v) is 4.55. The van der Waals surface area contributed by atoms with Gasteiger partial charge in [-0.15, -0.1) is 0 Å². The predicted molar refractivity (Wildman–Crippen MR) is 97.7 cm³/mol. The number of fused-ring (bicyclic) bond motifs is 2. The Hall–Kier alpha value is -2.88. The topological polar surface area (TPSA) is 54.0 Å². The Balaban J connectivity index is 1.67. The monoisotopic (exact) mass is 317 g/mol. The van der Waals surface area contributed by atoms with E-state index in [9.17, 15) is 4.79 Å². The molecule has 120 valence electrons. The molecule has 0 fully saturated rings. The van der Waals surface area contributed by atoms with E-state index in [0.717, 1.165) is 27.8 Å². The van der Waals surface area contributed by atoms with E-state index in [1.54, 1.807) is 6.20 Å². The molecule has 0 aliphatic carbocycles. The molecule has 0 spiro atoms. The normalized spacial score (nSPS) is 15.7. The number of hydrogen-bond donors (Lipinski definition) is 2. The van der Waals surface area contributed by atoms with E-state index in [1.165, 1.54) is 5.56 Å². The Bertz CT molecular complexity index is 947. The number of hydrogen-bond acceptors (Lipinski definition) is 3. The van der Waals surface area contributed by atoms with Gasteiger partial charge in [-0.3, -0.25) is 9.78 Å². The molecule has 1 aliphatic heterocycles. The zero-order valence-electron chi connectivity index (χ0n) is 13.8. The molecule has 0 radical (unpaired) electrons. The molecule has 1 amide bonds. The van der Waals surface area contributed by atoms with Crippen LogP contribution in [0.25, 0.3) is 10.8 Å². The lowest BCUT2D eigenvalue weighted by Crippen LogP contribution is -2.32. The summed E-state index contributed by atoms with van der Waals surface area (Å²) in [6.07, 6.45) is 4.17. The van der Waals surface area contributed by atoms with E-state index < -0.39 is 0 Å². The number of aromatic nitrogens is 1. The van der Waals surface area contributed by atoms with Crippen LogP contribution < -0.4 is 10.6 Å². The molecular weight excluding hydrogens is 298 g/mol. The Labute approximate surface area is 140 Å². The first-order valence-corrected chi connectivity index (χ1v) is 8.06. The van der Waals surface area contributed by atoms with Crippen molar-refractivity contribution in [2.75, 3.05) is 10.6 Å². The van der Waals surface area contributed by atoms with E-state index in [2.05, 4.69) is 53.7 Å². The minimum atomic E-state index is -0.134. The summed E-state index contributed by atoms with van der Waals surface area (Å²) in [4.78, 5) is 16.1. The Morgan fingerprint density at radius 1 is 1.04 bits per heavy atom. The quantitative estimate of drug-likeness (QED) is 0.726. The van der Waals surface area contributed by atoms with Gasteiger partial charge in [0, 0.05) is 46.7 Å². The fourth-order valence-electron chi connectivity index (χ4n) is 3.34. The fraction of sp³-hybridized carbons (Fsp3) is 0.200. The second-order valence-corrected chi connectivity index (χ2v) is 6.93. The SMILES string of the molecule is CC1(C)CC(=O)Nc2cc(Nc3ccc4ccncc4c3)ccc21. The zero-order chi connectivity index (χ0) is 16.7. The summed E-state index contributed by atoms with van der Waals surface area (Å²) in [5.41, 5.74) is 3.89. The number of carbonyl (C=O) groups excluding carboxylic acids is 1. The summed E-state index contributed by atoms with van der Waals surface area (Å²) in [5, 5.41) is 8.65. The molecule has 3 aromatic rings. The average molecular weight is 317 g/mol. The predicted octanol–water partition coefficient (Wildman–Crippen LogP) is 4.60. The van der Waals surface area contributed by atoms with Crippen LogP contribution in [0.5, 0.6) is 0 Å². The first-order valence-electron chi connectivity index (χ1n) is 8.06. The standard InChI is InChI=1S/C20H19N3O/c1-20(2)11-19(24)23-18-10-16(5-6-17(18)20)22-15-4-3-13-7-8-21-12-14(13)9-15/h3-10,12,22H,11H2,1-2H3,(H,23,24). The first kappa shape index (κ1) is 14.7. The van der Waals surface area contributed by atoms with Gasteiger partial charge in [0.25, 0.3) is 0 Å². The second-order valence-electron chi connectivity index (χ2n) is 6.93. The van der Waals surface area contributed by atoms with Crippen molar-refractivity contribution in [1.29, 1.82) is 0 Å². The third-order valence-electron chi connectivity index (χ3n) is 4.55. The van der Waals surface area contributed by atoms with Crippen molar-refractivity contribution in [2.45, 2.75) is 25.7 Å². The maximum Gasteiger partial charge on any atom is 0.225 e. The van der Waals surface area contributed by atoms with Crippen LogP contribution in [0.2, 0.25) is 0 Å². The summed E-state index contributed by atoms with van der Waals surface area (Å²) < 4.78 is 0. The Morgan fingerprint density at radius 2 is 1.83 bits per heavy atom. The van der Waals surface area contributed by atoms with Crippen molar-refractivity contribution in [2.24, 2.45) is 0 Å². The van der Waals surface area contributed by atoms with E-state index in [0.29, 0.717) is 6.42 Å². The van der Waals surface area contributed by atoms with Gasteiger partial charge in [-0.1, -0.05) is 26.0 Å². The lowest BCUT2D eigenvalue weighted by atomic mass is 9.78. The number of benzene rings is 2. The molecule has 4 nitrogen and oxygen atoms in total. The highest BCUT2D eigenvalue weighted by molar-refractivity contribution is 5.96. The van der Waals surface area contributed by atoms with Gasteiger partial charge in [0.2, 0.25) is 5.91 Å². The van der Waals surface area contributed by atoms with Crippen LogP contribution >= 0.6 is 0 Å². The highest BCUT2D eigenvalue weighted by atomic mass is 16.1. The highest BCUT2D eigenvalue weighted by Crippen LogP contribution is 2.38. The molecule has 1 aliphatic rings. The number of rotatable bonds is 2. The molecule has 0 bridgehead atoms. The number of nitrogens with one attached hydrogen (secondary N) is 2. The molecule has 1 aromatic heterocycles. The van der Waals surface area contributed by atoms with Gasteiger partial charge in [0.1, 0.15) is 0 Å². The van der Waals surface area contributed by atoms with E-state index in [-0.39, 0.29) is 11.3 Å². The molecule has 0 unspecified atom stereocenters. The number of anilines is 3. The van der Waals surface area contributed by atoms with Crippen LogP contribution in [0, 0.1) is 0 Å². The molecule has 24 heavy (non-hydrogen) atoms. The molecular formula is C20H19N3O. The number of nitrogens with zero attached hydrogens (tertiary/aromatic N) is 1. The number of pyridine rings is 1. The molecule has 2 aromatic carbocycles. The van der Waals surface area contributed by atoms with Gasteiger partial charge >= 0.3 is 0 Å². The van der Waals surface area contributed by atoms with Crippen molar-refractivity contribution in [3.63, 3.8) is 0 Å². The van der Waals surface area contributed by atoms with E-state index in [4.69, 9.17) is 0 Å². The van der Waals surface area contributed by atoms with Gasteiger partial charge in [-0.25, -0.2) is 0 Å². The van der Waals surface area contributed by atoms with Crippen molar-refractivity contribution >= 4 is 33.7 Å². The molecule has 2 N–H and O–H groups in total. The maximum absolute atomic E-state index is 11.9. The molecule has 0 saturated heterocycles. The van der Waals surface area contributed by atoms with Gasteiger partial charge < -0.3 is 10.6 Å². The Kier molecular flexibility index (Phi) is 3.27. The fourth-order valence-corrected chi connectivity index (χ4v) is 3.34. The van der Waals surface area contributed by atoms with Crippen LogP contribution in [0.3, 0.4) is 0 Å². The van der Waals surface area contributed by atoms with Gasteiger partial charge in [-0.2, -0.15) is 0 Å². The van der Waals surface area contributed by atoms with Crippen molar-refractivity contribution in [3.05, 3.63) is 60.4 Å². The lowest BCUT2D eigenvalue weighted by Gasteiger charge is -2.32. The minimum absolute atomic E-state index is 0.0708. The van der Waals surface area contributed by atoms with Crippen LogP contribution in [-0.4, -0.2) is 10.9 Å². The molecule has 4 rings (SSSR count). The van der Waals surface area contributed by atoms with Gasteiger partial charge in [0.15, 0.2) is 0 Å². The van der Waals surface area contributed by atoms with Crippen molar-refractivity contribution < 1.29 is 4.79 Å². The summed E-state index contributed by atoms with van der Waals surface area (Å²) in [7, 11) is 0. The number of carbonyl (C=O) groups is 1. The van der Waals surface area contributed by atoms with E-state index >= 15 is 0 Å². The highest BCUT2D eigenvalue weighted by Gasteiger charge is 2.31. The van der Waals surface area contributed by atoms with Crippen LogP contribution in [0.4, 0.5) is 17.1 Å². The summed E-state index contributed by atoms with van der Waals surface area (Å²) in [5.74, 6) is 0.0708. The third kappa shape index (κ3) is 2.60. The summed E-state index contributed by atoms with van der Waals surface area (Å²) in [6, 6.07) is 14.3. The zero-order valence-corrected chi connectivity index (χ0v) is 13.8. The van der Waals surface area contributed by atoms with E-state index in [1.807, 2.05) is 24.4 Å². The van der Waals surface area contributed by atoms with Gasteiger partial charge in [0.05, 0.1) is 0 Å². The average Bonchev–Trinajstić information content (AvgIpc) is 2.53. The summed E-state index contributed by atoms with van der Waals surface area (Å²) in [6.45, 7) is 4.21. The van der Waals surface area contributed by atoms with Crippen LogP contribution in [0.15, 0.2) is 54.9 Å². The smallest absolute Gasteiger partial charge is 0.225 e. The van der Waals surface area contributed by atoms with Gasteiger partial charge in [-0.05, 0) is 41.3 Å². The molecule has 2 heterocycles. The second kappa shape index (κ2) is 5.34. The number of amides is 1. The molecule has 0 atom stereocenters. The molecule has 4 heteroatoms. The lowest BCUT2D eigenvalue weighted by molar-refractivity contribution is -0.117. The van der Waals surface area contributed by atoms with Crippen LogP contribution in [0.1, 0.15) is 25.8 Å². The summed E-state index contributed by atoms with van der Waals surface area (Å²) >= 11 is 0. The first-order chi connectivity index (χ1) is 11.5. The Morgan fingerprint density at radius 3 is 2.71 bits per heavy atom. The van der Waals surface area contributed by atoms with Crippen molar-refractivity contribution in [1.82, 2.24) is 4.98 Å². The van der Waals surface area contributed by atoms with Crippen molar-refractivity contribution in [3.8, 4) is 0 Å². The molecule has 0 saturated carbocycles. The maximum atomic E-state index is 11.9. The minimum Gasteiger partial charge on any atom is -0.355 e. The largest absolute Gasteiger partial charge is 0.355 e.